The Labute approximate surface area is 126 Å². The molecular formula is C17H24O4. The lowest BCUT2D eigenvalue weighted by atomic mass is 10.2. The maximum Gasteiger partial charge on any atom is 0.338 e. The van der Waals surface area contributed by atoms with Gasteiger partial charge in [-0.2, -0.15) is 0 Å². The van der Waals surface area contributed by atoms with Crippen LogP contribution in [0.5, 0.6) is 5.75 Å². The second-order valence-electron chi connectivity index (χ2n) is 5.38. The first-order valence-corrected chi connectivity index (χ1v) is 7.47. The fourth-order valence-electron chi connectivity index (χ4n) is 1.71. The van der Waals surface area contributed by atoms with E-state index >= 15 is 0 Å². The predicted octanol–water partition coefficient (Wildman–Crippen LogP) is 3.64. The van der Waals surface area contributed by atoms with Crippen LogP contribution in [0.2, 0.25) is 0 Å². The number of benzene rings is 1. The minimum absolute atomic E-state index is 0.302. The Bertz CT molecular complexity index is 423. The highest BCUT2D eigenvalue weighted by molar-refractivity contribution is 5.89. The van der Waals surface area contributed by atoms with E-state index in [1.165, 1.54) is 0 Å². The molecule has 0 N–H and O–H groups in total. The van der Waals surface area contributed by atoms with Crippen molar-refractivity contribution in [3.8, 4) is 5.75 Å². The molecule has 0 unspecified atom stereocenters. The largest absolute Gasteiger partial charge is 0.494 e. The van der Waals surface area contributed by atoms with E-state index in [4.69, 9.17) is 9.47 Å². The quantitative estimate of drug-likeness (QED) is 0.375. The Morgan fingerprint density at radius 2 is 1.86 bits per heavy atom. The lowest BCUT2D eigenvalue weighted by Crippen LogP contribution is -2.10. The van der Waals surface area contributed by atoms with Crippen LogP contribution in [0.15, 0.2) is 24.3 Å². The van der Waals surface area contributed by atoms with Gasteiger partial charge in [0.15, 0.2) is 0 Å². The summed E-state index contributed by atoms with van der Waals surface area (Å²) in [6, 6.07) is 6.98. The number of hydrogen-bond acceptors (Lipinski definition) is 4. The molecule has 0 aromatic heterocycles. The van der Waals surface area contributed by atoms with Gasteiger partial charge in [-0.1, -0.05) is 13.8 Å². The van der Waals surface area contributed by atoms with E-state index in [-0.39, 0.29) is 5.97 Å². The van der Waals surface area contributed by atoms with Crippen molar-refractivity contribution in [2.45, 2.75) is 39.5 Å². The van der Waals surface area contributed by atoms with Crippen molar-refractivity contribution in [3.05, 3.63) is 29.8 Å². The van der Waals surface area contributed by atoms with E-state index in [2.05, 4.69) is 0 Å². The van der Waals surface area contributed by atoms with Gasteiger partial charge in [-0.15, -0.1) is 0 Å². The number of carbonyl (C=O) groups excluding carboxylic acids is 2. The Kier molecular flexibility index (Phi) is 8.17. The summed E-state index contributed by atoms with van der Waals surface area (Å²) in [6.45, 7) is 5.05. The number of rotatable bonds is 10. The fraction of sp³-hybridized carbons (Fsp3) is 0.529. The average molecular weight is 292 g/mol. The van der Waals surface area contributed by atoms with Crippen LogP contribution in [0.4, 0.5) is 0 Å². The molecule has 0 aliphatic carbocycles. The van der Waals surface area contributed by atoms with E-state index in [1.54, 1.807) is 24.3 Å². The molecule has 0 fully saturated rings. The summed E-state index contributed by atoms with van der Waals surface area (Å²) in [5.74, 6) is 0.769. The summed E-state index contributed by atoms with van der Waals surface area (Å²) in [4.78, 5) is 21.9. The zero-order valence-corrected chi connectivity index (χ0v) is 12.8. The summed E-state index contributed by atoms with van der Waals surface area (Å²) in [6.07, 6.45) is 4.38. The first kappa shape index (κ1) is 17.2. The van der Waals surface area contributed by atoms with Crippen LogP contribution in [-0.4, -0.2) is 25.5 Å². The molecular weight excluding hydrogens is 268 g/mol. The van der Waals surface area contributed by atoms with Crippen LogP contribution >= 0.6 is 0 Å². The van der Waals surface area contributed by atoms with E-state index in [1.807, 2.05) is 13.8 Å². The fourth-order valence-corrected chi connectivity index (χ4v) is 1.71. The topological polar surface area (TPSA) is 52.6 Å². The lowest BCUT2D eigenvalue weighted by Gasteiger charge is -2.08. The molecule has 4 nitrogen and oxygen atoms in total. The highest BCUT2D eigenvalue weighted by Crippen LogP contribution is 2.14. The molecule has 0 aliphatic heterocycles. The molecule has 0 heterocycles. The summed E-state index contributed by atoms with van der Waals surface area (Å²) in [5, 5.41) is 0. The van der Waals surface area contributed by atoms with Crippen LogP contribution in [0, 0.1) is 5.92 Å². The zero-order valence-electron chi connectivity index (χ0n) is 12.8. The minimum Gasteiger partial charge on any atom is -0.494 e. The lowest BCUT2D eigenvalue weighted by molar-refractivity contribution is -0.107. The van der Waals surface area contributed by atoms with Crippen LogP contribution in [-0.2, 0) is 9.53 Å². The van der Waals surface area contributed by atoms with Crippen LogP contribution < -0.4 is 4.74 Å². The maximum atomic E-state index is 11.7. The molecule has 116 valence electrons. The van der Waals surface area contributed by atoms with Crippen molar-refractivity contribution >= 4 is 12.3 Å². The van der Waals surface area contributed by atoms with Gasteiger partial charge in [-0.3, -0.25) is 0 Å². The van der Waals surface area contributed by atoms with Gasteiger partial charge in [0, 0.05) is 6.42 Å². The Morgan fingerprint density at radius 3 is 2.48 bits per heavy atom. The Morgan fingerprint density at radius 1 is 1.14 bits per heavy atom. The molecule has 0 amide bonds. The molecule has 0 atom stereocenters. The molecule has 0 saturated heterocycles. The van der Waals surface area contributed by atoms with E-state index in [0.717, 1.165) is 31.3 Å². The SMILES string of the molecule is CC(C)COC(=O)c1ccc(OCCCCCC=O)cc1. The van der Waals surface area contributed by atoms with Crippen LogP contribution in [0.1, 0.15) is 49.9 Å². The second kappa shape index (κ2) is 9.97. The molecule has 0 aliphatic rings. The second-order valence-corrected chi connectivity index (χ2v) is 5.38. The molecule has 0 radical (unpaired) electrons. The van der Waals surface area contributed by atoms with E-state index in [9.17, 15) is 9.59 Å². The van der Waals surface area contributed by atoms with Crippen molar-refractivity contribution in [1.29, 1.82) is 0 Å². The highest BCUT2D eigenvalue weighted by atomic mass is 16.5. The Balaban J connectivity index is 2.29. The normalized spacial score (nSPS) is 10.4. The van der Waals surface area contributed by atoms with Crippen molar-refractivity contribution in [3.63, 3.8) is 0 Å². The molecule has 0 saturated carbocycles. The van der Waals surface area contributed by atoms with Crippen LogP contribution in [0.25, 0.3) is 0 Å². The number of carbonyl (C=O) groups is 2. The summed E-state index contributed by atoms with van der Waals surface area (Å²) in [7, 11) is 0. The third kappa shape index (κ3) is 7.49. The molecule has 0 spiro atoms. The van der Waals surface area contributed by atoms with Gasteiger partial charge in [-0.05, 0) is 49.4 Å². The average Bonchev–Trinajstić information content (AvgIpc) is 2.49. The molecule has 21 heavy (non-hydrogen) atoms. The predicted molar refractivity (Wildman–Crippen MR) is 81.6 cm³/mol. The number of esters is 1. The van der Waals surface area contributed by atoms with Crippen molar-refractivity contribution in [1.82, 2.24) is 0 Å². The Hall–Kier alpha value is -1.84. The first-order valence-electron chi connectivity index (χ1n) is 7.47. The third-order valence-corrected chi connectivity index (χ3v) is 2.87. The van der Waals surface area contributed by atoms with Crippen molar-refractivity contribution < 1.29 is 19.1 Å². The van der Waals surface area contributed by atoms with Crippen molar-refractivity contribution in [2.75, 3.05) is 13.2 Å². The highest BCUT2D eigenvalue weighted by Gasteiger charge is 2.08. The number of aldehydes is 1. The van der Waals surface area contributed by atoms with Gasteiger partial charge >= 0.3 is 5.97 Å². The van der Waals surface area contributed by atoms with Gasteiger partial charge in [0.05, 0.1) is 18.8 Å². The van der Waals surface area contributed by atoms with E-state index in [0.29, 0.717) is 31.1 Å². The molecule has 0 bridgehead atoms. The molecule has 1 aromatic rings. The minimum atomic E-state index is -0.302. The van der Waals surface area contributed by atoms with Gasteiger partial charge in [-0.25, -0.2) is 4.79 Å². The van der Waals surface area contributed by atoms with Gasteiger partial charge in [0.1, 0.15) is 12.0 Å². The summed E-state index contributed by atoms with van der Waals surface area (Å²) in [5.41, 5.74) is 0.536. The monoisotopic (exact) mass is 292 g/mol. The smallest absolute Gasteiger partial charge is 0.338 e. The zero-order chi connectivity index (χ0) is 15.5. The van der Waals surface area contributed by atoms with Crippen molar-refractivity contribution in [2.24, 2.45) is 5.92 Å². The number of ether oxygens (including phenoxy) is 2. The molecule has 1 rings (SSSR count). The standard InChI is InChI=1S/C17H24O4/c1-14(2)13-21-17(19)15-7-9-16(10-8-15)20-12-6-4-3-5-11-18/h7-11,14H,3-6,12-13H2,1-2H3. The summed E-state index contributed by atoms with van der Waals surface area (Å²) < 4.78 is 10.7. The molecule has 4 heteroatoms. The number of hydrogen-bond donors (Lipinski definition) is 0. The number of unbranched alkanes of at least 4 members (excludes halogenated alkanes) is 3. The maximum absolute atomic E-state index is 11.7. The van der Waals surface area contributed by atoms with Gasteiger partial charge in [0.25, 0.3) is 0 Å². The van der Waals surface area contributed by atoms with E-state index < -0.39 is 0 Å². The van der Waals surface area contributed by atoms with Crippen LogP contribution in [0.3, 0.4) is 0 Å². The van der Waals surface area contributed by atoms with Gasteiger partial charge in [0.2, 0.25) is 0 Å². The van der Waals surface area contributed by atoms with Gasteiger partial charge < -0.3 is 14.3 Å². The third-order valence-electron chi connectivity index (χ3n) is 2.87. The first-order chi connectivity index (χ1) is 10.1. The summed E-state index contributed by atoms with van der Waals surface area (Å²) >= 11 is 0. The molecule has 1 aromatic carbocycles.